The molecule has 1 atom stereocenters. The first kappa shape index (κ1) is 16.6. The molecule has 0 aliphatic heterocycles. The monoisotopic (exact) mass is 230 g/mol. The molecule has 1 N–H and O–H groups in total. The molecule has 0 aliphatic carbocycles. The minimum atomic E-state index is -1.16. The number of hydrogen-bond acceptors (Lipinski definition) is 3. The number of rotatable bonds is 3. The molecular weight excluding hydrogens is 212 g/mol. The Morgan fingerprint density at radius 2 is 1.79 bits per heavy atom. The molecule has 0 fully saturated rings. The van der Waals surface area contributed by atoms with Gasteiger partial charge in [0.05, 0.1) is 0 Å². The quantitative estimate of drug-likeness (QED) is 0.436. The summed E-state index contributed by atoms with van der Waals surface area (Å²) in [5.41, 5.74) is -0.159. The van der Waals surface area contributed by atoms with Crippen LogP contribution in [0.1, 0.15) is 34.1 Å². The van der Waals surface area contributed by atoms with Gasteiger partial charge in [0.1, 0.15) is 12.5 Å². The molecule has 0 saturated carbocycles. The van der Waals surface area contributed by atoms with Crippen molar-refractivity contribution in [2.75, 3.05) is 0 Å². The Labute approximate surface area is 114 Å². The van der Waals surface area contributed by atoms with E-state index in [1.165, 1.54) is 0 Å². The van der Waals surface area contributed by atoms with Crippen molar-refractivity contribution in [1.82, 2.24) is 0 Å². The average molecular weight is 230 g/mol. The van der Waals surface area contributed by atoms with E-state index in [1.807, 2.05) is 20.8 Å². The molecule has 0 rings (SSSR count). The molecule has 0 radical (unpaired) electrons. The number of carbonyl (C=O) groups excluding carboxylic acids is 1. The summed E-state index contributed by atoms with van der Waals surface area (Å²) in [6.45, 7) is 7.52. The first-order valence-electron chi connectivity index (χ1n) is 4.14. The second-order valence-electron chi connectivity index (χ2n) is 4.07. The summed E-state index contributed by atoms with van der Waals surface area (Å²) < 4.78 is 4.91. The molecule has 0 aromatic carbocycles. The molecule has 0 aromatic rings. The summed E-state index contributed by atoms with van der Waals surface area (Å²) in [6.07, 6.45) is -0.847. The Morgan fingerprint density at radius 3 is 2.07 bits per heavy atom. The van der Waals surface area contributed by atoms with E-state index in [2.05, 4.69) is 0 Å². The first-order chi connectivity index (χ1) is 5.73. The first-order valence-corrected chi connectivity index (χ1v) is 4.14. The molecular formula is C9H18CaO4. The van der Waals surface area contributed by atoms with E-state index >= 15 is 0 Å². The van der Waals surface area contributed by atoms with Gasteiger partial charge in [-0.25, -0.2) is 0 Å². The van der Waals surface area contributed by atoms with Crippen molar-refractivity contribution in [2.24, 2.45) is 5.41 Å². The zero-order valence-electron chi connectivity index (χ0n) is 8.46. The fraction of sp³-hybridized carbons (Fsp3) is 0.778. The number of carbonyl (C=O) groups is 2. The Morgan fingerprint density at radius 1 is 1.36 bits per heavy atom. The molecule has 0 bridgehead atoms. The Kier molecular flexibility index (Phi) is 7.89. The van der Waals surface area contributed by atoms with Crippen LogP contribution in [0.25, 0.3) is 0 Å². The summed E-state index contributed by atoms with van der Waals surface area (Å²) in [5, 5.41) is 8.30. The van der Waals surface area contributed by atoms with Gasteiger partial charge in [-0.3, -0.25) is 9.59 Å². The van der Waals surface area contributed by atoms with Crippen LogP contribution in [-0.2, 0) is 14.3 Å². The van der Waals surface area contributed by atoms with Crippen LogP contribution in [0, 0.1) is 5.41 Å². The Balaban J connectivity index is 0. The van der Waals surface area contributed by atoms with Crippen molar-refractivity contribution in [3.63, 3.8) is 0 Å². The van der Waals surface area contributed by atoms with Crippen LogP contribution < -0.4 is 0 Å². The van der Waals surface area contributed by atoms with E-state index in [0.29, 0.717) is 0 Å². The maximum absolute atomic E-state index is 10.9. The third-order valence-corrected chi connectivity index (χ3v) is 1.82. The van der Waals surface area contributed by atoms with Crippen LogP contribution in [0.4, 0.5) is 0 Å². The van der Waals surface area contributed by atoms with Gasteiger partial charge < -0.3 is 9.84 Å². The van der Waals surface area contributed by atoms with Gasteiger partial charge in [0, 0.05) is 0 Å². The Bertz CT molecular complexity index is 207. The van der Waals surface area contributed by atoms with Gasteiger partial charge in [0.2, 0.25) is 0 Å². The summed E-state index contributed by atoms with van der Waals surface area (Å²) >= 11 is 0. The van der Waals surface area contributed by atoms with Gasteiger partial charge in [-0.1, -0.05) is 20.8 Å². The van der Waals surface area contributed by atoms with E-state index < -0.39 is 18.4 Å². The maximum atomic E-state index is 10.9. The molecule has 0 heterocycles. The second kappa shape index (κ2) is 6.64. The van der Waals surface area contributed by atoms with Crippen molar-refractivity contribution < 1.29 is 19.4 Å². The molecule has 80 valence electrons. The molecule has 14 heavy (non-hydrogen) atoms. The number of aliphatic carboxylic acids is 1. The summed E-state index contributed by atoms with van der Waals surface area (Å²) in [6, 6.07) is 0. The van der Waals surface area contributed by atoms with Crippen molar-refractivity contribution in [1.29, 1.82) is 0 Å². The second-order valence-corrected chi connectivity index (χ2v) is 4.07. The van der Waals surface area contributed by atoms with Crippen molar-refractivity contribution in [3.05, 3.63) is 0 Å². The molecule has 0 amide bonds. The van der Waals surface area contributed by atoms with Crippen LogP contribution in [0.5, 0.6) is 0 Å². The molecule has 0 saturated heterocycles. The van der Waals surface area contributed by atoms with Crippen molar-refractivity contribution in [3.8, 4) is 0 Å². The normalized spacial score (nSPS) is 12.6. The predicted molar refractivity (Wildman–Crippen MR) is 55.8 cm³/mol. The van der Waals surface area contributed by atoms with Gasteiger partial charge in [-0.15, -0.1) is 0 Å². The van der Waals surface area contributed by atoms with E-state index in [9.17, 15) is 9.59 Å². The zero-order chi connectivity index (χ0) is 10.6. The standard InChI is InChI=1S/C9H16O4.Ca.2H/c1-6(9(2,3)4)13-8(12)5-7(10)11;;;/h6H,5H2,1-4H3,(H,10,11);;;. The van der Waals surface area contributed by atoms with Gasteiger partial charge in [-0.05, 0) is 12.3 Å². The van der Waals surface area contributed by atoms with Crippen LogP contribution >= 0.6 is 0 Å². The minimum absolute atomic E-state index is 0. The van der Waals surface area contributed by atoms with Gasteiger partial charge in [-0.2, -0.15) is 0 Å². The summed E-state index contributed by atoms with van der Waals surface area (Å²) in [7, 11) is 0. The molecule has 0 aliphatic rings. The number of carboxylic acids is 1. The van der Waals surface area contributed by atoms with E-state index in [-0.39, 0.29) is 49.3 Å². The van der Waals surface area contributed by atoms with Crippen LogP contribution in [0.15, 0.2) is 0 Å². The molecule has 0 spiro atoms. The summed E-state index contributed by atoms with van der Waals surface area (Å²) in [5.74, 6) is -1.85. The van der Waals surface area contributed by atoms with Crippen molar-refractivity contribution >= 4 is 49.7 Å². The number of ether oxygens (including phenoxy) is 1. The van der Waals surface area contributed by atoms with E-state index in [1.54, 1.807) is 6.92 Å². The molecule has 1 unspecified atom stereocenters. The van der Waals surface area contributed by atoms with Gasteiger partial charge >= 0.3 is 49.7 Å². The Hall–Kier alpha value is 0.200. The van der Waals surface area contributed by atoms with E-state index in [0.717, 1.165) is 0 Å². The topological polar surface area (TPSA) is 63.6 Å². The fourth-order valence-electron chi connectivity index (χ4n) is 0.539. The number of esters is 1. The van der Waals surface area contributed by atoms with Crippen LogP contribution in [0.3, 0.4) is 0 Å². The van der Waals surface area contributed by atoms with Gasteiger partial charge in [0.15, 0.2) is 0 Å². The predicted octanol–water partition coefficient (Wildman–Crippen LogP) is 0.523. The van der Waals surface area contributed by atoms with E-state index in [4.69, 9.17) is 9.84 Å². The van der Waals surface area contributed by atoms with Gasteiger partial charge in [0.25, 0.3) is 0 Å². The fourth-order valence-corrected chi connectivity index (χ4v) is 0.539. The SMILES string of the molecule is CC(OC(=O)CC(=O)O)C(C)(C)C.[CaH2]. The third-order valence-electron chi connectivity index (χ3n) is 1.82. The molecule has 5 heteroatoms. The van der Waals surface area contributed by atoms with Crippen LogP contribution in [0.2, 0.25) is 0 Å². The zero-order valence-corrected chi connectivity index (χ0v) is 8.46. The number of carboxylic acid groups (broad SMARTS) is 1. The molecule has 0 aromatic heterocycles. The molecule has 4 nitrogen and oxygen atoms in total. The number of hydrogen-bond donors (Lipinski definition) is 1. The van der Waals surface area contributed by atoms with Crippen molar-refractivity contribution in [2.45, 2.75) is 40.2 Å². The average Bonchev–Trinajstić information content (AvgIpc) is 1.82. The third kappa shape index (κ3) is 7.59. The van der Waals surface area contributed by atoms with Crippen LogP contribution in [-0.4, -0.2) is 60.9 Å². The summed E-state index contributed by atoms with van der Waals surface area (Å²) in [4.78, 5) is 21.0.